The Morgan fingerprint density at radius 2 is 1.95 bits per heavy atom. The maximum atomic E-state index is 11.3. The van der Waals surface area contributed by atoms with Gasteiger partial charge in [0, 0.05) is 24.4 Å². The molecule has 4 rings (SSSR count). The fourth-order valence-electron chi connectivity index (χ4n) is 2.85. The SMILES string of the molecule is O=C1C[C@@H](c2ncc(-c3ccc4ccccc4c3)[nH]2)CN1. The molecule has 1 saturated heterocycles. The summed E-state index contributed by atoms with van der Waals surface area (Å²) in [6.07, 6.45) is 2.37. The van der Waals surface area contributed by atoms with E-state index in [1.165, 1.54) is 10.8 Å². The van der Waals surface area contributed by atoms with Crippen molar-refractivity contribution in [2.45, 2.75) is 12.3 Å². The van der Waals surface area contributed by atoms with Crippen LogP contribution in [0.25, 0.3) is 22.0 Å². The first-order valence-corrected chi connectivity index (χ1v) is 7.10. The molecule has 0 bridgehead atoms. The van der Waals surface area contributed by atoms with Crippen molar-refractivity contribution in [1.82, 2.24) is 15.3 Å². The Kier molecular flexibility index (Phi) is 2.74. The molecule has 2 N–H and O–H groups in total. The van der Waals surface area contributed by atoms with Gasteiger partial charge in [-0.05, 0) is 16.8 Å². The summed E-state index contributed by atoms with van der Waals surface area (Å²) in [7, 11) is 0. The highest BCUT2D eigenvalue weighted by Gasteiger charge is 2.25. The molecule has 0 saturated carbocycles. The Bertz CT molecular complexity index is 822. The molecule has 0 aliphatic carbocycles. The molecule has 1 atom stereocenters. The van der Waals surface area contributed by atoms with E-state index in [1.807, 2.05) is 18.3 Å². The van der Waals surface area contributed by atoms with Gasteiger partial charge >= 0.3 is 0 Å². The predicted molar refractivity (Wildman–Crippen MR) is 81.9 cm³/mol. The summed E-state index contributed by atoms with van der Waals surface area (Å²) in [5, 5.41) is 5.28. The zero-order valence-corrected chi connectivity index (χ0v) is 11.5. The average molecular weight is 277 g/mol. The highest BCUT2D eigenvalue weighted by Crippen LogP contribution is 2.26. The third-order valence-electron chi connectivity index (χ3n) is 4.02. The Morgan fingerprint density at radius 1 is 1.10 bits per heavy atom. The number of nitrogens with zero attached hydrogens (tertiary/aromatic N) is 1. The van der Waals surface area contributed by atoms with Crippen LogP contribution in [0.2, 0.25) is 0 Å². The summed E-state index contributed by atoms with van der Waals surface area (Å²) >= 11 is 0. The number of rotatable bonds is 2. The van der Waals surface area contributed by atoms with E-state index in [0.717, 1.165) is 17.1 Å². The molecule has 1 aliphatic heterocycles. The number of fused-ring (bicyclic) bond motifs is 1. The summed E-state index contributed by atoms with van der Waals surface area (Å²) in [6, 6.07) is 14.7. The molecule has 0 radical (unpaired) electrons. The molecule has 0 spiro atoms. The van der Waals surface area contributed by atoms with Gasteiger partial charge in [-0.2, -0.15) is 0 Å². The normalized spacial score (nSPS) is 18.1. The van der Waals surface area contributed by atoms with E-state index >= 15 is 0 Å². The van der Waals surface area contributed by atoms with Gasteiger partial charge in [-0.3, -0.25) is 4.79 Å². The van der Waals surface area contributed by atoms with Gasteiger partial charge in [0.2, 0.25) is 5.91 Å². The predicted octanol–water partition coefficient (Wildman–Crippen LogP) is 2.83. The van der Waals surface area contributed by atoms with E-state index < -0.39 is 0 Å². The Labute approximate surface area is 122 Å². The molecule has 104 valence electrons. The van der Waals surface area contributed by atoms with Crippen LogP contribution in [0.5, 0.6) is 0 Å². The molecule has 1 aromatic heterocycles. The molecule has 1 aliphatic rings. The quantitative estimate of drug-likeness (QED) is 0.756. The first-order chi connectivity index (χ1) is 10.3. The van der Waals surface area contributed by atoms with E-state index in [2.05, 4.69) is 45.6 Å². The zero-order valence-electron chi connectivity index (χ0n) is 11.5. The van der Waals surface area contributed by atoms with Crippen LogP contribution in [0.4, 0.5) is 0 Å². The van der Waals surface area contributed by atoms with Gasteiger partial charge in [-0.25, -0.2) is 4.98 Å². The van der Waals surface area contributed by atoms with Crippen molar-refractivity contribution in [2.24, 2.45) is 0 Å². The lowest BCUT2D eigenvalue weighted by molar-refractivity contribution is -0.119. The number of nitrogens with one attached hydrogen (secondary N) is 2. The summed E-state index contributed by atoms with van der Waals surface area (Å²) in [6.45, 7) is 0.670. The van der Waals surface area contributed by atoms with Gasteiger partial charge in [0.15, 0.2) is 0 Å². The number of carbonyl (C=O) groups is 1. The van der Waals surface area contributed by atoms with E-state index in [-0.39, 0.29) is 11.8 Å². The lowest BCUT2D eigenvalue weighted by Crippen LogP contribution is -2.13. The number of hydrogen-bond acceptors (Lipinski definition) is 2. The van der Waals surface area contributed by atoms with Crippen LogP contribution in [0, 0.1) is 0 Å². The molecular formula is C17H15N3O. The minimum absolute atomic E-state index is 0.101. The van der Waals surface area contributed by atoms with Gasteiger partial charge in [0.05, 0.1) is 11.9 Å². The number of aromatic amines is 1. The molecule has 21 heavy (non-hydrogen) atoms. The van der Waals surface area contributed by atoms with Crippen LogP contribution in [-0.2, 0) is 4.79 Å². The van der Waals surface area contributed by atoms with Gasteiger partial charge < -0.3 is 10.3 Å². The zero-order chi connectivity index (χ0) is 14.2. The van der Waals surface area contributed by atoms with Crippen molar-refractivity contribution >= 4 is 16.7 Å². The Morgan fingerprint density at radius 3 is 2.76 bits per heavy atom. The first kappa shape index (κ1) is 12.1. The molecule has 2 heterocycles. The van der Waals surface area contributed by atoms with Gasteiger partial charge in [-0.1, -0.05) is 36.4 Å². The van der Waals surface area contributed by atoms with Crippen molar-refractivity contribution < 1.29 is 4.79 Å². The van der Waals surface area contributed by atoms with Crippen LogP contribution >= 0.6 is 0 Å². The number of aromatic nitrogens is 2. The Balaban J connectivity index is 1.69. The third kappa shape index (κ3) is 2.18. The molecule has 0 unspecified atom stereocenters. The highest BCUT2D eigenvalue weighted by molar-refractivity contribution is 5.86. The van der Waals surface area contributed by atoms with Crippen molar-refractivity contribution in [3.63, 3.8) is 0 Å². The average Bonchev–Trinajstić information content (AvgIpc) is 3.15. The van der Waals surface area contributed by atoms with E-state index in [1.54, 1.807) is 0 Å². The maximum Gasteiger partial charge on any atom is 0.220 e. The molecule has 1 amide bonds. The number of amides is 1. The van der Waals surface area contributed by atoms with Crippen LogP contribution in [0.1, 0.15) is 18.2 Å². The summed E-state index contributed by atoms with van der Waals surface area (Å²) < 4.78 is 0. The summed E-state index contributed by atoms with van der Waals surface area (Å²) in [4.78, 5) is 19.1. The number of benzene rings is 2. The maximum absolute atomic E-state index is 11.3. The van der Waals surface area contributed by atoms with E-state index in [9.17, 15) is 4.79 Å². The van der Waals surface area contributed by atoms with Crippen LogP contribution in [0.3, 0.4) is 0 Å². The molecule has 4 nitrogen and oxygen atoms in total. The fraction of sp³-hybridized carbons (Fsp3) is 0.176. The minimum Gasteiger partial charge on any atom is -0.355 e. The lowest BCUT2D eigenvalue weighted by atomic mass is 10.1. The molecule has 4 heteroatoms. The van der Waals surface area contributed by atoms with Crippen LogP contribution < -0.4 is 5.32 Å². The monoisotopic (exact) mass is 277 g/mol. The second-order valence-corrected chi connectivity index (χ2v) is 5.45. The van der Waals surface area contributed by atoms with Crippen molar-refractivity contribution in [2.75, 3.05) is 6.54 Å². The van der Waals surface area contributed by atoms with E-state index in [4.69, 9.17) is 0 Å². The summed E-state index contributed by atoms with van der Waals surface area (Å²) in [5.74, 6) is 1.15. The van der Waals surface area contributed by atoms with Crippen molar-refractivity contribution in [3.05, 3.63) is 54.5 Å². The highest BCUT2D eigenvalue weighted by atomic mass is 16.1. The minimum atomic E-state index is 0.101. The summed E-state index contributed by atoms with van der Waals surface area (Å²) in [5.41, 5.74) is 2.11. The van der Waals surface area contributed by atoms with Crippen molar-refractivity contribution in [1.29, 1.82) is 0 Å². The lowest BCUT2D eigenvalue weighted by Gasteiger charge is -2.03. The van der Waals surface area contributed by atoms with E-state index in [0.29, 0.717) is 13.0 Å². The second-order valence-electron chi connectivity index (χ2n) is 5.45. The first-order valence-electron chi connectivity index (χ1n) is 7.10. The second kappa shape index (κ2) is 4.74. The van der Waals surface area contributed by atoms with Gasteiger partial charge in [0.1, 0.15) is 5.82 Å². The number of H-pyrrole nitrogens is 1. The van der Waals surface area contributed by atoms with Gasteiger partial charge in [0.25, 0.3) is 0 Å². The number of carbonyl (C=O) groups excluding carboxylic acids is 1. The number of imidazole rings is 1. The Hall–Kier alpha value is -2.62. The molecule has 3 aromatic rings. The van der Waals surface area contributed by atoms with Crippen molar-refractivity contribution in [3.8, 4) is 11.3 Å². The third-order valence-corrected chi connectivity index (χ3v) is 4.02. The topological polar surface area (TPSA) is 57.8 Å². The van der Waals surface area contributed by atoms with Crippen LogP contribution in [-0.4, -0.2) is 22.4 Å². The largest absolute Gasteiger partial charge is 0.355 e. The fourth-order valence-corrected chi connectivity index (χ4v) is 2.85. The van der Waals surface area contributed by atoms with Gasteiger partial charge in [-0.15, -0.1) is 0 Å². The standard InChI is InChI=1S/C17H15N3O/c21-16-8-14(9-18-16)17-19-10-15(20-17)13-6-5-11-3-1-2-4-12(11)7-13/h1-7,10,14H,8-9H2,(H,18,21)(H,19,20)/t14-/m1/s1. The number of hydrogen-bond donors (Lipinski definition) is 2. The molecular weight excluding hydrogens is 262 g/mol. The molecule has 1 fully saturated rings. The smallest absolute Gasteiger partial charge is 0.220 e. The molecule has 2 aromatic carbocycles. The van der Waals surface area contributed by atoms with Crippen LogP contribution in [0.15, 0.2) is 48.7 Å².